The summed E-state index contributed by atoms with van der Waals surface area (Å²) in [7, 11) is 0. The Morgan fingerprint density at radius 2 is 1.71 bits per heavy atom. The molecule has 0 amide bonds. The summed E-state index contributed by atoms with van der Waals surface area (Å²) in [5, 5.41) is 9.70. The third-order valence-corrected chi connectivity index (χ3v) is 3.26. The Labute approximate surface area is 121 Å². The van der Waals surface area contributed by atoms with Crippen LogP contribution in [0, 0.1) is 0 Å². The summed E-state index contributed by atoms with van der Waals surface area (Å²) in [6, 6.07) is 13.8. The number of benzene rings is 2. The van der Waals surface area contributed by atoms with Crippen molar-refractivity contribution in [3.63, 3.8) is 0 Å². The Kier molecular flexibility index (Phi) is 3.28. The highest BCUT2D eigenvalue weighted by atomic mass is 16.5. The molecule has 0 saturated heterocycles. The molecule has 0 radical (unpaired) electrons. The van der Waals surface area contributed by atoms with Gasteiger partial charge in [0.05, 0.1) is 5.56 Å². The Bertz CT molecular complexity index is 745. The molecular formula is C17H12O4. The average Bonchev–Trinajstić information content (AvgIpc) is 2.50. The standard InChI is InChI=1S/C17H12O4/c18-13-8-4-7-12-16(13)14(19)9-15(17(12)20)21-10-11-5-2-1-3-6-11/h1-9,18H,10H2. The zero-order chi connectivity index (χ0) is 14.8. The first kappa shape index (κ1) is 13.1. The van der Waals surface area contributed by atoms with E-state index >= 15 is 0 Å². The second kappa shape index (κ2) is 5.25. The zero-order valence-corrected chi connectivity index (χ0v) is 11.1. The molecule has 0 saturated carbocycles. The SMILES string of the molecule is O=C1C(OCc2ccccc2)=CC(=O)c2c(O)cccc21. The molecule has 1 aliphatic rings. The van der Waals surface area contributed by atoms with Gasteiger partial charge in [-0.3, -0.25) is 9.59 Å². The van der Waals surface area contributed by atoms with Gasteiger partial charge in [-0.25, -0.2) is 0 Å². The maximum Gasteiger partial charge on any atom is 0.228 e. The van der Waals surface area contributed by atoms with E-state index < -0.39 is 11.6 Å². The average molecular weight is 280 g/mol. The number of ketones is 2. The highest BCUT2D eigenvalue weighted by Crippen LogP contribution is 2.29. The molecule has 3 rings (SSSR count). The van der Waals surface area contributed by atoms with Crippen molar-refractivity contribution in [1.29, 1.82) is 0 Å². The molecule has 4 nitrogen and oxygen atoms in total. The lowest BCUT2D eigenvalue weighted by atomic mass is 9.93. The van der Waals surface area contributed by atoms with E-state index in [1.165, 1.54) is 18.2 Å². The monoisotopic (exact) mass is 280 g/mol. The van der Waals surface area contributed by atoms with Gasteiger partial charge in [-0.15, -0.1) is 0 Å². The minimum absolute atomic E-state index is 0.00181. The lowest BCUT2D eigenvalue weighted by Gasteiger charge is -2.16. The second-order valence-electron chi connectivity index (χ2n) is 4.68. The fourth-order valence-electron chi connectivity index (χ4n) is 2.22. The molecule has 0 fully saturated rings. The summed E-state index contributed by atoms with van der Waals surface area (Å²) in [5.41, 5.74) is 1.11. The highest BCUT2D eigenvalue weighted by molar-refractivity contribution is 6.24. The molecule has 0 atom stereocenters. The minimum atomic E-state index is -0.425. The number of carbonyl (C=O) groups excluding carboxylic acids is 2. The number of ether oxygens (including phenoxy) is 1. The largest absolute Gasteiger partial charge is 0.507 e. The van der Waals surface area contributed by atoms with Crippen molar-refractivity contribution in [3.05, 3.63) is 77.1 Å². The van der Waals surface area contributed by atoms with Gasteiger partial charge in [0.25, 0.3) is 0 Å². The molecule has 21 heavy (non-hydrogen) atoms. The quantitative estimate of drug-likeness (QED) is 0.939. The maximum atomic E-state index is 12.3. The molecule has 0 heterocycles. The molecule has 2 aromatic carbocycles. The Morgan fingerprint density at radius 1 is 0.952 bits per heavy atom. The normalized spacial score (nSPS) is 13.6. The third kappa shape index (κ3) is 2.43. The summed E-state index contributed by atoms with van der Waals surface area (Å²) in [4.78, 5) is 24.3. The van der Waals surface area contributed by atoms with Crippen LogP contribution in [0.25, 0.3) is 0 Å². The van der Waals surface area contributed by atoms with Crippen molar-refractivity contribution in [3.8, 4) is 5.75 Å². The summed E-state index contributed by atoms with van der Waals surface area (Å²) in [6.45, 7) is 0.208. The first-order valence-electron chi connectivity index (χ1n) is 6.46. The molecule has 0 aromatic heterocycles. The van der Waals surface area contributed by atoms with Gasteiger partial charge < -0.3 is 9.84 Å². The van der Waals surface area contributed by atoms with Crippen molar-refractivity contribution in [2.45, 2.75) is 6.61 Å². The number of Topliss-reactive ketones (excluding diaryl/α,β-unsaturated/α-hetero) is 1. The van der Waals surface area contributed by atoms with Crippen LogP contribution in [0.4, 0.5) is 0 Å². The number of hydrogen-bond donors (Lipinski definition) is 1. The number of fused-ring (bicyclic) bond motifs is 1. The van der Waals surface area contributed by atoms with Crippen LogP contribution < -0.4 is 0 Å². The highest BCUT2D eigenvalue weighted by Gasteiger charge is 2.29. The van der Waals surface area contributed by atoms with Crippen molar-refractivity contribution in [2.24, 2.45) is 0 Å². The fourth-order valence-corrected chi connectivity index (χ4v) is 2.22. The van der Waals surface area contributed by atoms with Crippen LogP contribution >= 0.6 is 0 Å². The summed E-state index contributed by atoms with van der Waals surface area (Å²) in [5.74, 6) is -1.01. The molecule has 2 aromatic rings. The van der Waals surface area contributed by atoms with Gasteiger partial charge in [0.2, 0.25) is 5.78 Å². The van der Waals surface area contributed by atoms with Crippen LogP contribution in [0.2, 0.25) is 0 Å². The summed E-state index contributed by atoms with van der Waals surface area (Å²) >= 11 is 0. The molecule has 4 heteroatoms. The lowest BCUT2D eigenvalue weighted by Crippen LogP contribution is -2.18. The topological polar surface area (TPSA) is 63.6 Å². The summed E-state index contributed by atoms with van der Waals surface area (Å²) in [6.07, 6.45) is 1.13. The van der Waals surface area contributed by atoms with E-state index in [4.69, 9.17) is 4.74 Å². The lowest BCUT2D eigenvalue weighted by molar-refractivity contribution is 0.0868. The molecule has 0 spiro atoms. The van der Waals surface area contributed by atoms with Crippen LogP contribution in [-0.2, 0) is 11.3 Å². The number of allylic oxidation sites excluding steroid dienone is 2. The van der Waals surface area contributed by atoms with Gasteiger partial charge in [-0.1, -0.05) is 36.4 Å². The van der Waals surface area contributed by atoms with Crippen LogP contribution in [-0.4, -0.2) is 16.7 Å². The Morgan fingerprint density at radius 3 is 2.48 bits per heavy atom. The third-order valence-electron chi connectivity index (χ3n) is 3.26. The van der Waals surface area contributed by atoms with Gasteiger partial charge in [-0.05, 0) is 17.7 Å². The smallest absolute Gasteiger partial charge is 0.228 e. The van der Waals surface area contributed by atoms with Crippen LogP contribution in [0.3, 0.4) is 0 Å². The number of phenolic OH excluding ortho intramolecular Hbond substituents is 1. The maximum absolute atomic E-state index is 12.3. The number of rotatable bonds is 3. The van der Waals surface area contributed by atoms with E-state index in [0.29, 0.717) is 0 Å². The van der Waals surface area contributed by atoms with Crippen LogP contribution in [0.15, 0.2) is 60.4 Å². The van der Waals surface area contributed by atoms with Gasteiger partial charge in [-0.2, -0.15) is 0 Å². The molecule has 0 unspecified atom stereocenters. The molecule has 104 valence electrons. The van der Waals surface area contributed by atoms with E-state index in [-0.39, 0.29) is 29.2 Å². The van der Waals surface area contributed by atoms with Crippen molar-refractivity contribution < 1.29 is 19.4 Å². The van der Waals surface area contributed by atoms with Crippen molar-refractivity contribution >= 4 is 11.6 Å². The predicted molar refractivity (Wildman–Crippen MR) is 76.1 cm³/mol. The Hall–Kier alpha value is -2.88. The second-order valence-corrected chi connectivity index (χ2v) is 4.68. The number of phenols is 1. The van der Waals surface area contributed by atoms with E-state index in [1.54, 1.807) is 0 Å². The first-order valence-corrected chi connectivity index (χ1v) is 6.46. The van der Waals surface area contributed by atoms with Crippen LogP contribution in [0.1, 0.15) is 26.3 Å². The molecule has 1 N–H and O–H groups in total. The summed E-state index contributed by atoms with van der Waals surface area (Å²) < 4.78 is 5.46. The van der Waals surface area contributed by atoms with Crippen molar-refractivity contribution in [1.82, 2.24) is 0 Å². The van der Waals surface area contributed by atoms with E-state index in [2.05, 4.69) is 0 Å². The van der Waals surface area contributed by atoms with E-state index in [0.717, 1.165) is 11.6 Å². The predicted octanol–water partition coefficient (Wildman–Crippen LogP) is 2.87. The number of hydrogen-bond acceptors (Lipinski definition) is 4. The molecule has 0 bridgehead atoms. The van der Waals surface area contributed by atoms with Gasteiger partial charge in [0, 0.05) is 11.6 Å². The number of aromatic hydroxyl groups is 1. The molecule has 1 aliphatic carbocycles. The van der Waals surface area contributed by atoms with E-state index in [1.807, 2.05) is 30.3 Å². The minimum Gasteiger partial charge on any atom is -0.507 e. The Balaban J connectivity index is 1.86. The number of carbonyl (C=O) groups is 2. The van der Waals surface area contributed by atoms with Gasteiger partial charge in [0.15, 0.2) is 11.5 Å². The van der Waals surface area contributed by atoms with E-state index in [9.17, 15) is 14.7 Å². The first-order chi connectivity index (χ1) is 10.2. The fraction of sp³-hybridized carbons (Fsp3) is 0.0588. The molecule has 0 aliphatic heterocycles. The van der Waals surface area contributed by atoms with Gasteiger partial charge >= 0.3 is 0 Å². The molecular weight excluding hydrogens is 268 g/mol. The van der Waals surface area contributed by atoms with Gasteiger partial charge in [0.1, 0.15) is 12.4 Å². The zero-order valence-electron chi connectivity index (χ0n) is 11.1. The van der Waals surface area contributed by atoms with Crippen LogP contribution in [0.5, 0.6) is 5.75 Å². The van der Waals surface area contributed by atoms with Crippen molar-refractivity contribution in [2.75, 3.05) is 0 Å².